The summed E-state index contributed by atoms with van der Waals surface area (Å²) < 4.78 is 5.45. The predicted octanol–water partition coefficient (Wildman–Crippen LogP) is 1.27. The van der Waals surface area contributed by atoms with E-state index in [9.17, 15) is 9.59 Å². The van der Waals surface area contributed by atoms with E-state index in [0.717, 1.165) is 25.9 Å². The molecule has 1 aliphatic rings. The van der Waals surface area contributed by atoms with Crippen molar-refractivity contribution in [2.24, 2.45) is 0 Å². The van der Waals surface area contributed by atoms with Gasteiger partial charge in [0.15, 0.2) is 0 Å². The standard InChI is InChI=1S/C12H21NO4/c1-13(8-2-5-12(15)16)11(14)7-6-10-4-3-9-17-10/h10H,2-9H2,1H3,(H,15,16). The zero-order valence-corrected chi connectivity index (χ0v) is 10.4. The molecule has 0 spiro atoms. The summed E-state index contributed by atoms with van der Waals surface area (Å²) in [6.45, 7) is 1.32. The van der Waals surface area contributed by atoms with Gasteiger partial charge in [-0.1, -0.05) is 0 Å². The molecule has 1 aliphatic heterocycles. The van der Waals surface area contributed by atoms with Gasteiger partial charge in [0.2, 0.25) is 5.91 Å². The summed E-state index contributed by atoms with van der Waals surface area (Å²) in [5.74, 6) is -0.740. The lowest BCUT2D eigenvalue weighted by Gasteiger charge is -2.17. The van der Waals surface area contributed by atoms with Gasteiger partial charge in [0.25, 0.3) is 0 Å². The summed E-state index contributed by atoms with van der Waals surface area (Å²) in [7, 11) is 1.72. The predicted molar refractivity (Wildman–Crippen MR) is 62.7 cm³/mol. The van der Waals surface area contributed by atoms with Gasteiger partial charge in [0.05, 0.1) is 6.10 Å². The van der Waals surface area contributed by atoms with Crippen LogP contribution in [0.4, 0.5) is 0 Å². The van der Waals surface area contributed by atoms with Gasteiger partial charge in [0.1, 0.15) is 0 Å². The third-order valence-electron chi connectivity index (χ3n) is 3.01. The lowest BCUT2D eigenvalue weighted by molar-refractivity contribution is -0.138. The molecule has 0 aromatic carbocycles. The van der Waals surface area contributed by atoms with Crippen molar-refractivity contribution in [2.75, 3.05) is 20.2 Å². The number of carbonyl (C=O) groups excluding carboxylic acids is 1. The molecule has 0 aromatic heterocycles. The molecule has 0 bridgehead atoms. The number of ether oxygens (including phenoxy) is 1. The van der Waals surface area contributed by atoms with E-state index in [0.29, 0.717) is 19.4 Å². The zero-order chi connectivity index (χ0) is 12.7. The maximum atomic E-state index is 11.7. The Morgan fingerprint density at radius 2 is 2.18 bits per heavy atom. The molecule has 0 radical (unpaired) electrons. The molecule has 17 heavy (non-hydrogen) atoms. The van der Waals surface area contributed by atoms with Crippen molar-refractivity contribution in [3.8, 4) is 0 Å². The maximum Gasteiger partial charge on any atom is 0.303 e. The summed E-state index contributed by atoms with van der Waals surface area (Å²) in [6.07, 6.45) is 4.28. The van der Waals surface area contributed by atoms with Crippen molar-refractivity contribution in [3.63, 3.8) is 0 Å². The first-order valence-electron chi connectivity index (χ1n) is 6.17. The molecule has 1 rings (SSSR count). The Bertz CT molecular complexity index is 261. The number of carboxylic acid groups (broad SMARTS) is 1. The average molecular weight is 243 g/mol. The van der Waals surface area contributed by atoms with Gasteiger partial charge in [-0.15, -0.1) is 0 Å². The van der Waals surface area contributed by atoms with E-state index < -0.39 is 5.97 Å². The molecule has 0 aromatic rings. The normalized spacial score (nSPS) is 19.2. The highest BCUT2D eigenvalue weighted by Gasteiger charge is 2.18. The van der Waals surface area contributed by atoms with Crippen LogP contribution >= 0.6 is 0 Å². The fourth-order valence-corrected chi connectivity index (χ4v) is 1.94. The molecule has 1 amide bonds. The number of hydrogen-bond acceptors (Lipinski definition) is 3. The molecule has 1 saturated heterocycles. The number of carbonyl (C=O) groups is 2. The highest BCUT2D eigenvalue weighted by atomic mass is 16.5. The monoisotopic (exact) mass is 243 g/mol. The minimum Gasteiger partial charge on any atom is -0.481 e. The van der Waals surface area contributed by atoms with Gasteiger partial charge >= 0.3 is 5.97 Å². The molecule has 98 valence electrons. The molecule has 1 unspecified atom stereocenters. The second-order valence-corrected chi connectivity index (χ2v) is 4.49. The molecule has 1 N–H and O–H groups in total. The van der Waals surface area contributed by atoms with Crippen LogP contribution in [-0.4, -0.2) is 48.2 Å². The Morgan fingerprint density at radius 3 is 2.76 bits per heavy atom. The molecular formula is C12H21NO4. The first-order chi connectivity index (χ1) is 8.09. The highest BCUT2D eigenvalue weighted by Crippen LogP contribution is 2.17. The van der Waals surface area contributed by atoms with Crippen LogP contribution in [0.25, 0.3) is 0 Å². The van der Waals surface area contributed by atoms with Gasteiger partial charge in [-0.3, -0.25) is 9.59 Å². The van der Waals surface area contributed by atoms with E-state index in [1.54, 1.807) is 11.9 Å². The first kappa shape index (κ1) is 14.0. The van der Waals surface area contributed by atoms with E-state index >= 15 is 0 Å². The summed E-state index contributed by atoms with van der Waals surface area (Å²) in [4.78, 5) is 23.6. The molecule has 5 heteroatoms. The number of aliphatic carboxylic acids is 1. The second-order valence-electron chi connectivity index (χ2n) is 4.49. The number of hydrogen-bond donors (Lipinski definition) is 1. The van der Waals surface area contributed by atoms with Gasteiger partial charge in [-0.05, 0) is 25.7 Å². The Balaban J connectivity index is 2.10. The van der Waals surface area contributed by atoms with Gasteiger partial charge in [-0.25, -0.2) is 0 Å². The second kappa shape index (κ2) is 7.27. The molecule has 0 aliphatic carbocycles. The number of carboxylic acids is 1. The minimum absolute atomic E-state index is 0.0749. The van der Waals surface area contributed by atoms with E-state index in [4.69, 9.17) is 9.84 Å². The van der Waals surface area contributed by atoms with Crippen LogP contribution < -0.4 is 0 Å². The fraction of sp³-hybridized carbons (Fsp3) is 0.833. The molecule has 1 fully saturated rings. The van der Waals surface area contributed by atoms with Gasteiger partial charge in [-0.2, -0.15) is 0 Å². The third kappa shape index (κ3) is 5.68. The van der Waals surface area contributed by atoms with Crippen molar-refractivity contribution in [1.29, 1.82) is 0 Å². The molecule has 0 saturated carbocycles. The maximum absolute atomic E-state index is 11.7. The smallest absolute Gasteiger partial charge is 0.303 e. The molecule has 5 nitrogen and oxygen atoms in total. The van der Waals surface area contributed by atoms with Crippen molar-refractivity contribution in [2.45, 2.75) is 44.6 Å². The zero-order valence-electron chi connectivity index (χ0n) is 10.4. The van der Waals surface area contributed by atoms with Crippen LogP contribution in [0.15, 0.2) is 0 Å². The van der Waals surface area contributed by atoms with Crippen molar-refractivity contribution in [3.05, 3.63) is 0 Å². The van der Waals surface area contributed by atoms with E-state index in [2.05, 4.69) is 0 Å². The Labute approximate surface area is 102 Å². The van der Waals surface area contributed by atoms with Crippen molar-refractivity contribution >= 4 is 11.9 Å². The number of nitrogens with zero attached hydrogens (tertiary/aromatic N) is 1. The lowest BCUT2D eigenvalue weighted by Crippen LogP contribution is -2.28. The summed E-state index contributed by atoms with van der Waals surface area (Å²) in [5, 5.41) is 8.49. The Kier molecular flexibility index (Phi) is 5.97. The van der Waals surface area contributed by atoms with Gasteiger partial charge < -0.3 is 14.7 Å². The van der Waals surface area contributed by atoms with Crippen LogP contribution in [0.1, 0.15) is 38.5 Å². The quantitative estimate of drug-likeness (QED) is 0.731. The molecular weight excluding hydrogens is 222 g/mol. The number of rotatable bonds is 7. The largest absolute Gasteiger partial charge is 0.481 e. The van der Waals surface area contributed by atoms with Crippen molar-refractivity contribution < 1.29 is 19.4 Å². The molecule has 1 heterocycles. The highest BCUT2D eigenvalue weighted by molar-refractivity contribution is 5.75. The Morgan fingerprint density at radius 1 is 1.41 bits per heavy atom. The van der Waals surface area contributed by atoms with Crippen LogP contribution in [0, 0.1) is 0 Å². The third-order valence-corrected chi connectivity index (χ3v) is 3.01. The fourth-order valence-electron chi connectivity index (χ4n) is 1.94. The van der Waals surface area contributed by atoms with Crippen LogP contribution in [-0.2, 0) is 14.3 Å². The SMILES string of the molecule is CN(CCCC(=O)O)C(=O)CCC1CCCO1. The molecule has 1 atom stereocenters. The van der Waals surface area contributed by atoms with Gasteiger partial charge in [0, 0.05) is 33.0 Å². The van der Waals surface area contributed by atoms with E-state index in [1.165, 1.54) is 0 Å². The van der Waals surface area contributed by atoms with Crippen LogP contribution in [0.5, 0.6) is 0 Å². The average Bonchev–Trinajstić information content (AvgIpc) is 2.78. The van der Waals surface area contributed by atoms with E-state index in [1.807, 2.05) is 0 Å². The van der Waals surface area contributed by atoms with Crippen LogP contribution in [0.2, 0.25) is 0 Å². The summed E-state index contributed by atoms with van der Waals surface area (Å²) >= 11 is 0. The summed E-state index contributed by atoms with van der Waals surface area (Å²) in [5.41, 5.74) is 0. The number of amides is 1. The topological polar surface area (TPSA) is 66.8 Å². The minimum atomic E-state index is -0.815. The lowest BCUT2D eigenvalue weighted by atomic mass is 10.1. The first-order valence-corrected chi connectivity index (χ1v) is 6.17. The summed E-state index contributed by atoms with van der Waals surface area (Å²) in [6, 6.07) is 0. The van der Waals surface area contributed by atoms with Crippen molar-refractivity contribution in [1.82, 2.24) is 4.90 Å². The van der Waals surface area contributed by atoms with E-state index in [-0.39, 0.29) is 18.4 Å². The van der Waals surface area contributed by atoms with Crippen LogP contribution in [0.3, 0.4) is 0 Å². The Hall–Kier alpha value is -1.10.